The zero-order valence-electron chi connectivity index (χ0n) is 18.0. The molecule has 0 fully saturated rings. The number of nitrogens with one attached hydrogen (secondary N) is 1. The summed E-state index contributed by atoms with van der Waals surface area (Å²) in [4.78, 5) is 17.8. The predicted molar refractivity (Wildman–Crippen MR) is 118 cm³/mol. The normalized spacial score (nSPS) is 12.4. The van der Waals surface area contributed by atoms with Crippen molar-refractivity contribution in [2.75, 3.05) is 0 Å². The van der Waals surface area contributed by atoms with Gasteiger partial charge in [0.05, 0.1) is 27.8 Å². The van der Waals surface area contributed by atoms with Gasteiger partial charge in [-0.15, -0.1) is 13.2 Å². The highest BCUT2D eigenvalue weighted by molar-refractivity contribution is 6.03. The number of hydrogen-bond acceptors (Lipinski definition) is 4. The van der Waals surface area contributed by atoms with Crippen LogP contribution in [0.1, 0.15) is 16.8 Å². The number of benzene rings is 2. The molecule has 36 heavy (non-hydrogen) atoms. The van der Waals surface area contributed by atoms with E-state index < -0.39 is 29.4 Å². The molecule has 0 unspecified atom stereocenters. The zero-order chi connectivity index (χ0) is 25.7. The number of fused-ring (bicyclic) bond motifs is 3. The van der Waals surface area contributed by atoms with Crippen LogP contribution in [0.4, 0.5) is 26.3 Å². The highest BCUT2D eigenvalue weighted by atomic mass is 19.4. The van der Waals surface area contributed by atoms with E-state index in [1.54, 1.807) is 12.1 Å². The summed E-state index contributed by atoms with van der Waals surface area (Å²) in [6, 6.07) is 12.7. The molecule has 0 aliphatic heterocycles. The van der Waals surface area contributed by atoms with Gasteiger partial charge in [0.25, 0.3) is 5.56 Å². The SMILES string of the molecule is O=c1c2c(Cc3ccc(OC(F)(F)F)cc3)n[nH]c2c2cccnc2n1-c1cccc(C(F)(F)F)c1. The highest BCUT2D eigenvalue weighted by Crippen LogP contribution is 2.31. The third kappa shape index (κ3) is 4.37. The third-order valence-corrected chi connectivity index (χ3v) is 5.49. The second-order valence-corrected chi connectivity index (χ2v) is 7.85. The molecule has 12 heteroatoms. The van der Waals surface area contributed by atoms with Crippen LogP contribution in [0.15, 0.2) is 71.7 Å². The van der Waals surface area contributed by atoms with E-state index in [1.807, 2.05) is 0 Å². The number of aromatic nitrogens is 4. The van der Waals surface area contributed by atoms with E-state index in [0.717, 1.165) is 28.8 Å². The van der Waals surface area contributed by atoms with Gasteiger partial charge in [-0.1, -0.05) is 18.2 Å². The third-order valence-electron chi connectivity index (χ3n) is 5.49. The Kier molecular flexibility index (Phi) is 5.46. The summed E-state index contributed by atoms with van der Waals surface area (Å²) in [5.41, 5.74) is -0.307. The Hall–Kier alpha value is -4.35. The van der Waals surface area contributed by atoms with Gasteiger partial charge >= 0.3 is 12.5 Å². The lowest BCUT2D eigenvalue weighted by molar-refractivity contribution is -0.274. The minimum absolute atomic E-state index is 0.0266. The summed E-state index contributed by atoms with van der Waals surface area (Å²) >= 11 is 0. The first-order chi connectivity index (χ1) is 17.0. The van der Waals surface area contributed by atoms with Crippen LogP contribution in [0.3, 0.4) is 0 Å². The lowest BCUT2D eigenvalue weighted by Gasteiger charge is -2.13. The largest absolute Gasteiger partial charge is 0.573 e. The number of nitrogens with zero attached hydrogens (tertiary/aromatic N) is 3. The Morgan fingerprint density at radius 1 is 0.944 bits per heavy atom. The number of alkyl halides is 6. The predicted octanol–water partition coefficient (Wildman–Crippen LogP) is 5.77. The van der Waals surface area contributed by atoms with Crippen LogP contribution in [0.25, 0.3) is 27.6 Å². The topological polar surface area (TPSA) is 72.8 Å². The van der Waals surface area contributed by atoms with Crippen LogP contribution in [0.5, 0.6) is 5.75 Å². The second-order valence-electron chi connectivity index (χ2n) is 7.85. The van der Waals surface area contributed by atoms with Gasteiger partial charge in [0.1, 0.15) is 11.4 Å². The van der Waals surface area contributed by atoms with Crippen LogP contribution in [-0.4, -0.2) is 26.1 Å². The van der Waals surface area contributed by atoms with Gasteiger partial charge in [0.2, 0.25) is 0 Å². The lowest BCUT2D eigenvalue weighted by atomic mass is 10.1. The van der Waals surface area contributed by atoms with Crippen molar-refractivity contribution in [3.8, 4) is 11.4 Å². The van der Waals surface area contributed by atoms with Gasteiger partial charge in [0, 0.05) is 18.0 Å². The molecule has 0 saturated heterocycles. The van der Waals surface area contributed by atoms with Gasteiger partial charge in [-0.25, -0.2) is 4.98 Å². The van der Waals surface area contributed by atoms with Crippen LogP contribution in [-0.2, 0) is 12.6 Å². The Morgan fingerprint density at radius 3 is 2.39 bits per heavy atom. The van der Waals surface area contributed by atoms with E-state index in [1.165, 1.54) is 30.5 Å². The van der Waals surface area contributed by atoms with Gasteiger partial charge in [-0.2, -0.15) is 18.3 Å². The average Bonchev–Trinajstić information content (AvgIpc) is 3.23. The van der Waals surface area contributed by atoms with Crippen molar-refractivity contribution in [3.05, 3.63) is 94.0 Å². The molecule has 3 heterocycles. The Morgan fingerprint density at radius 2 is 1.69 bits per heavy atom. The summed E-state index contributed by atoms with van der Waals surface area (Å²) in [6.07, 6.45) is -7.96. The number of pyridine rings is 2. The number of rotatable bonds is 4. The smallest absolute Gasteiger partial charge is 0.406 e. The van der Waals surface area contributed by atoms with Gasteiger partial charge in [0.15, 0.2) is 0 Å². The summed E-state index contributed by atoms with van der Waals surface area (Å²) in [5.74, 6) is -0.401. The Balaban J connectivity index is 1.65. The van der Waals surface area contributed by atoms with Crippen molar-refractivity contribution in [2.24, 2.45) is 0 Å². The molecule has 0 spiro atoms. The molecule has 5 rings (SSSR count). The summed E-state index contributed by atoms with van der Waals surface area (Å²) in [7, 11) is 0. The molecule has 184 valence electrons. The van der Waals surface area contributed by atoms with Crippen molar-refractivity contribution < 1.29 is 31.1 Å². The number of halogens is 6. The molecule has 0 aliphatic rings. The van der Waals surface area contributed by atoms with Gasteiger partial charge in [-0.05, 0) is 48.0 Å². The molecular formula is C24H14F6N4O2. The first-order valence-corrected chi connectivity index (χ1v) is 10.4. The van der Waals surface area contributed by atoms with Crippen molar-refractivity contribution in [1.29, 1.82) is 0 Å². The molecule has 0 aliphatic carbocycles. The summed E-state index contributed by atoms with van der Waals surface area (Å²) in [6.45, 7) is 0. The standard InChI is InChI=1S/C24H14F6N4O2/c25-23(26,27)14-3-1-4-15(12-14)34-21-17(5-2-10-31-21)20-19(22(34)35)18(32-33-20)11-13-6-8-16(9-7-13)36-24(28,29)30/h1-10,12H,11H2,(H,32,33). The minimum Gasteiger partial charge on any atom is -0.406 e. The quantitative estimate of drug-likeness (QED) is 0.316. The molecule has 1 N–H and O–H groups in total. The van der Waals surface area contributed by atoms with Gasteiger partial charge in [-0.3, -0.25) is 14.5 Å². The molecule has 2 aromatic carbocycles. The number of hydrogen-bond donors (Lipinski definition) is 1. The Bertz CT molecular complexity index is 1640. The molecular weight excluding hydrogens is 490 g/mol. The van der Waals surface area contributed by atoms with Crippen LogP contribution in [0.2, 0.25) is 0 Å². The van der Waals surface area contributed by atoms with Crippen LogP contribution in [0, 0.1) is 0 Å². The van der Waals surface area contributed by atoms with E-state index in [0.29, 0.717) is 16.5 Å². The van der Waals surface area contributed by atoms with E-state index in [4.69, 9.17) is 0 Å². The summed E-state index contributed by atoms with van der Waals surface area (Å²) < 4.78 is 82.2. The maximum absolute atomic E-state index is 13.6. The number of ether oxygens (including phenoxy) is 1. The molecule has 0 atom stereocenters. The fourth-order valence-electron chi connectivity index (χ4n) is 3.97. The van der Waals surface area contributed by atoms with Crippen molar-refractivity contribution in [2.45, 2.75) is 19.0 Å². The van der Waals surface area contributed by atoms with Gasteiger partial charge < -0.3 is 4.74 Å². The lowest BCUT2D eigenvalue weighted by Crippen LogP contribution is -2.21. The molecule has 3 aromatic heterocycles. The van der Waals surface area contributed by atoms with E-state index >= 15 is 0 Å². The fourth-order valence-corrected chi connectivity index (χ4v) is 3.97. The highest BCUT2D eigenvalue weighted by Gasteiger charge is 2.32. The van der Waals surface area contributed by atoms with Crippen LogP contribution >= 0.6 is 0 Å². The molecule has 0 bridgehead atoms. The first-order valence-electron chi connectivity index (χ1n) is 10.4. The molecule has 0 radical (unpaired) electrons. The number of H-pyrrole nitrogens is 1. The molecule has 6 nitrogen and oxygen atoms in total. The van der Waals surface area contributed by atoms with Crippen molar-refractivity contribution in [1.82, 2.24) is 19.7 Å². The molecule has 5 aromatic rings. The number of aromatic amines is 1. The average molecular weight is 504 g/mol. The molecule has 0 saturated carbocycles. The Labute approximate surface area is 197 Å². The zero-order valence-corrected chi connectivity index (χ0v) is 18.0. The van der Waals surface area contributed by atoms with Crippen molar-refractivity contribution in [3.63, 3.8) is 0 Å². The van der Waals surface area contributed by atoms with E-state index in [9.17, 15) is 31.1 Å². The molecule has 0 amide bonds. The maximum atomic E-state index is 13.6. The second kappa shape index (κ2) is 8.40. The minimum atomic E-state index is -4.83. The van der Waals surface area contributed by atoms with Crippen molar-refractivity contribution >= 4 is 21.9 Å². The van der Waals surface area contributed by atoms with E-state index in [-0.39, 0.29) is 28.8 Å². The maximum Gasteiger partial charge on any atom is 0.573 e. The summed E-state index contributed by atoms with van der Waals surface area (Å²) in [5, 5.41) is 7.59. The first kappa shape index (κ1) is 23.4. The monoisotopic (exact) mass is 504 g/mol. The van der Waals surface area contributed by atoms with E-state index in [2.05, 4.69) is 19.9 Å². The fraction of sp³-hybridized carbons (Fsp3) is 0.125. The van der Waals surface area contributed by atoms with Crippen LogP contribution < -0.4 is 10.3 Å².